The molecule has 1 N–H and O–H groups in total. The van der Waals surface area contributed by atoms with Gasteiger partial charge in [0.25, 0.3) is 5.91 Å². The van der Waals surface area contributed by atoms with Gasteiger partial charge in [0.2, 0.25) is 0 Å². The van der Waals surface area contributed by atoms with Gasteiger partial charge in [0, 0.05) is 17.0 Å². The second kappa shape index (κ2) is 7.34. The van der Waals surface area contributed by atoms with Crippen LogP contribution >= 0.6 is 11.3 Å². The first-order valence-corrected chi connectivity index (χ1v) is 10.1. The number of fused-ring (bicyclic) bond motifs is 1. The molecule has 1 amide bonds. The Morgan fingerprint density at radius 3 is 2.46 bits per heavy atom. The van der Waals surface area contributed by atoms with E-state index in [0.717, 1.165) is 10.4 Å². The number of hydrogen-bond acceptors (Lipinski definition) is 4. The van der Waals surface area contributed by atoms with Crippen molar-refractivity contribution in [1.82, 2.24) is 0 Å². The van der Waals surface area contributed by atoms with E-state index in [0.29, 0.717) is 29.1 Å². The van der Waals surface area contributed by atoms with Crippen LogP contribution in [0.25, 0.3) is 0 Å². The van der Waals surface area contributed by atoms with E-state index in [-0.39, 0.29) is 12.2 Å². The Hall–Kier alpha value is -2.76. The number of hydrogen-bond donors (Lipinski definition) is 1. The van der Waals surface area contributed by atoms with Crippen LogP contribution in [0.3, 0.4) is 0 Å². The second-order valence-electron chi connectivity index (χ2n) is 7.08. The van der Waals surface area contributed by atoms with Gasteiger partial charge < -0.3 is 10.0 Å². The fourth-order valence-electron chi connectivity index (χ4n) is 3.69. The van der Waals surface area contributed by atoms with E-state index in [2.05, 4.69) is 0 Å². The maximum absolute atomic E-state index is 13.2. The van der Waals surface area contributed by atoms with E-state index in [1.54, 1.807) is 23.1 Å². The number of aryl methyl sites for hydroxylation is 1. The molecule has 2 heterocycles. The molecule has 0 unspecified atom stereocenters. The van der Waals surface area contributed by atoms with Crippen molar-refractivity contribution in [3.05, 3.63) is 87.6 Å². The molecule has 4 nitrogen and oxygen atoms in total. The second-order valence-corrected chi connectivity index (χ2v) is 8.37. The van der Waals surface area contributed by atoms with E-state index in [4.69, 9.17) is 0 Å². The number of nitrogens with zero attached hydrogens (tertiary/aromatic N) is 1. The minimum Gasteiger partial charge on any atom is -0.375 e. The number of ketones is 1. The third kappa shape index (κ3) is 3.28. The maximum atomic E-state index is 13.2. The molecule has 1 aliphatic heterocycles. The lowest BCUT2D eigenvalue weighted by molar-refractivity contribution is -0.135. The zero-order valence-electron chi connectivity index (χ0n) is 15.6. The van der Waals surface area contributed by atoms with Crippen molar-refractivity contribution in [3.8, 4) is 0 Å². The fourth-order valence-corrected chi connectivity index (χ4v) is 4.49. The lowest BCUT2D eigenvalue weighted by atomic mass is 9.89. The highest BCUT2D eigenvalue weighted by Gasteiger charge is 2.50. The minimum atomic E-state index is -1.82. The first kappa shape index (κ1) is 18.6. The van der Waals surface area contributed by atoms with Crippen LogP contribution < -0.4 is 4.90 Å². The number of para-hydroxylation sites is 1. The average Bonchev–Trinajstić information content (AvgIpc) is 3.23. The zero-order chi connectivity index (χ0) is 19.7. The van der Waals surface area contributed by atoms with Crippen LogP contribution in [0.15, 0.2) is 66.7 Å². The summed E-state index contributed by atoms with van der Waals surface area (Å²) in [7, 11) is 0. The molecular formula is C23H21NO3S. The van der Waals surface area contributed by atoms with Crippen LogP contribution in [0.1, 0.15) is 32.1 Å². The summed E-state index contributed by atoms with van der Waals surface area (Å²) in [5.41, 5.74) is 0.492. The molecule has 0 radical (unpaired) electrons. The number of Topliss-reactive ketones (excluding diaryl/α,β-unsaturated/α-hetero) is 1. The third-order valence-corrected chi connectivity index (χ3v) is 6.18. The quantitative estimate of drug-likeness (QED) is 0.644. The SMILES string of the molecule is Cc1ccc(C(=O)C[C@@]2(O)C(=O)N(CCc3ccccc3)c3ccccc32)s1. The van der Waals surface area contributed by atoms with E-state index in [1.807, 2.05) is 55.5 Å². The first-order valence-electron chi connectivity index (χ1n) is 9.26. The van der Waals surface area contributed by atoms with Crippen LogP contribution in [0.2, 0.25) is 0 Å². The molecule has 0 saturated carbocycles. The van der Waals surface area contributed by atoms with Gasteiger partial charge in [-0.3, -0.25) is 9.59 Å². The number of thiophene rings is 1. The minimum absolute atomic E-state index is 0.214. The van der Waals surface area contributed by atoms with Gasteiger partial charge in [-0.1, -0.05) is 48.5 Å². The van der Waals surface area contributed by atoms with E-state index < -0.39 is 11.5 Å². The highest BCUT2D eigenvalue weighted by molar-refractivity contribution is 7.14. The zero-order valence-corrected chi connectivity index (χ0v) is 16.4. The predicted octanol–water partition coefficient (Wildman–Crippen LogP) is 4.11. The van der Waals surface area contributed by atoms with Crippen LogP contribution in [0, 0.1) is 6.92 Å². The van der Waals surface area contributed by atoms with Gasteiger partial charge in [-0.15, -0.1) is 11.3 Å². The monoisotopic (exact) mass is 391 g/mol. The van der Waals surface area contributed by atoms with Gasteiger partial charge in [0.05, 0.1) is 17.0 Å². The summed E-state index contributed by atoms with van der Waals surface area (Å²) in [5.74, 6) is -0.639. The normalized spacial score (nSPS) is 18.4. The van der Waals surface area contributed by atoms with E-state index >= 15 is 0 Å². The van der Waals surface area contributed by atoms with Crippen molar-refractivity contribution >= 4 is 28.7 Å². The van der Waals surface area contributed by atoms with Crippen LogP contribution in [0.5, 0.6) is 0 Å². The predicted molar refractivity (Wildman–Crippen MR) is 111 cm³/mol. The number of rotatable bonds is 6. The number of amides is 1. The fraction of sp³-hybridized carbons (Fsp3) is 0.217. The van der Waals surface area contributed by atoms with Crippen LogP contribution in [0.4, 0.5) is 5.69 Å². The summed E-state index contributed by atoms with van der Waals surface area (Å²) in [6.07, 6.45) is 0.430. The van der Waals surface area contributed by atoms with Crippen LogP contribution in [-0.4, -0.2) is 23.3 Å². The Labute approximate surface area is 168 Å². The summed E-state index contributed by atoms with van der Waals surface area (Å²) in [6, 6.07) is 20.7. The summed E-state index contributed by atoms with van der Waals surface area (Å²) in [4.78, 5) is 29.1. The summed E-state index contributed by atoms with van der Waals surface area (Å²) in [6.45, 7) is 2.38. The van der Waals surface area contributed by atoms with Crippen molar-refractivity contribution < 1.29 is 14.7 Å². The van der Waals surface area contributed by atoms with Gasteiger partial charge >= 0.3 is 0 Å². The van der Waals surface area contributed by atoms with Gasteiger partial charge in [-0.25, -0.2) is 0 Å². The smallest absolute Gasteiger partial charge is 0.264 e. The average molecular weight is 391 g/mol. The van der Waals surface area contributed by atoms with Crippen molar-refractivity contribution in [1.29, 1.82) is 0 Å². The Morgan fingerprint density at radius 2 is 1.75 bits per heavy atom. The molecule has 1 aromatic heterocycles. The largest absolute Gasteiger partial charge is 0.375 e. The molecule has 5 heteroatoms. The lowest BCUT2D eigenvalue weighted by Crippen LogP contribution is -2.42. The molecule has 142 valence electrons. The highest BCUT2D eigenvalue weighted by Crippen LogP contribution is 2.43. The van der Waals surface area contributed by atoms with Gasteiger partial charge in [0.15, 0.2) is 11.4 Å². The molecule has 0 saturated heterocycles. The highest BCUT2D eigenvalue weighted by atomic mass is 32.1. The summed E-state index contributed by atoms with van der Waals surface area (Å²) in [5, 5.41) is 11.3. The maximum Gasteiger partial charge on any atom is 0.264 e. The van der Waals surface area contributed by atoms with Crippen molar-refractivity contribution in [2.24, 2.45) is 0 Å². The van der Waals surface area contributed by atoms with Crippen molar-refractivity contribution in [3.63, 3.8) is 0 Å². The van der Waals surface area contributed by atoms with E-state index in [9.17, 15) is 14.7 Å². The first-order chi connectivity index (χ1) is 13.5. The Morgan fingerprint density at radius 1 is 1.04 bits per heavy atom. The number of carbonyl (C=O) groups is 2. The lowest BCUT2D eigenvalue weighted by Gasteiger charge is -2.22. The Balaban J connectivity index is 1.61. The molecule has 1 aliphatic rings. The third-order valence-electron chi connectivity index (χ3n) is 5.14. The number of benzene rings is 2. The molecule has 0 fully saturated rings. The Bertz CT molecular complexity index is 1030. The molecule has 4 rings (SSSR count). The standard InChI is InChI=1S/C23H21NO3S/c1-16-11-12-21(28-16)20(25)15-23(27)18-9-5-6-10-19(18)24(22(23)26)14-13-17-7-3-2-4-8-17/h2-12,27H,13-15H2,1H3/t23-/m0/s1. The summed E-state index contributed by atoms with van der Waals surface area (Å²) >= 11 is 1.38. The van der Waals surface area contributed by atoms with Crippen molar-refractivity contribution in [2.75, 3.05) is 11.4 Å². The van der Waals surface area contributed by atoms with E-state index in [1.165, 1.54) is 11.3 Å². The number of carbonyl (C=O) groups excluding carboxylic acids is 2. The van der Waals surface area contributed by atoms with Gasteiger partial charge in [-0.2, -0.15) is 0 Å². The molecular weight excluding hydrogens is 370 g/mol. The van der Waals surface area contributed by atoms with Crippen molar-refractivity contribution in [2.45, 2.75) is 25.4 Å². The van der Waals surface area contributed by atoms with Gasteiger partial charge in [0.1, 0.15) is 0 Å². The van der Waals surface area contributed by atoms with Crippen LogP contribution in [-0.2, 0) is 16.8 Å². The van der Waals surface area contributed by atoms with Gasteiger partial charge in [-0.05, 0) is 37.1 Å². The molecule has 0 aliphatic carbocycles. The molecule has 1 atom stereocenters. The molecule has 28 heavy (non-hydrogen) atoms. The number of anilines is 1. The molecule has 0 spiro atoms. The molecule has 2 aromatic carbocycles. The topological polar surface area (TPSA) is 57.6 Å². The summed E-state index contributed by atoms with van der Waals surface area (Å²) < 4.78 is 0. The number of aliphatic hydroxyl groups is 1. The molecule has 3 aromatic rings. The molecule has 0 bridgehead atoms. The Kier molecular flexibility index (Phi) is 4.87.